The molecule has 0 N–H and O–H groups in total. The topological polar surface area (TPSA) is 88.1 Å². The molecule has 0 radical (unpaired) electrons. The quantitative estimate of drug-likeness (QED) is 0.154. The zero-order valence-corrected chi connectivity index (χ0v) is 24.0. The minimum Gasteiger partial charge on any atom is -0.469 e. The third-order valence-electron chi connectivity index (χ3n) is 10.7. The van der Waals surface area contributed by atoms with E-state index in [1.54, 1.807) is 6.92 Å². The van der Waals surface area contributed by atoms with Crippen molar-refractivity contribution in [1.82, 2.24) is 0 Å². The normalized spacial score (nSPS) is 42.5. The lowest BCUT2D eigenvalue weighted by Crippen LogP contribution is -2.62. The Balaban J connectivity index is 1.48. The van der Waals surface area contributed by atoms with Crippen molar-refractivity contribution in [2.75, 3.05) is 13.7 Å². The van der Waals surface area contributed by atoms with Crippen LogP contribution in [0.2, 0.25) is 0 Å². The minimum absolute atomic E-state index is 0.0481. The number of rotatable bonds is 7. The van der Waals surface area contributed by atoms with Crippen LogP contribution in [0.4, 0.5) is 4.79 Å². The maximum atomic E-state index is 14.2. The Kier molecular flexibility index (Phi) is 8.45. The maximum absolute atomic E-state index is 14.2. The molecule has 4 saturated carbocycles. The number of ketones is 1. The molecule has 0 aromatic carbocycles. The summed E-state index contributed by atoms with van der Waals surface area (Å²) in [5.41, 5.74) is -0.297. The van der Waals surface area contributed by atoms with Gasteiger partial charge in [0.1, 0.15) is 6.10 Å². The molecule has 8 heteroatoms. The smallest absolute Gasteiger partial charge is 0.469 e. The molecule has 0 aromatic rings. The molecular formula is C28H43BrO7. The standard InChI is InChI=1S/C28H43BrO7/c1-6-34-26(32)36-35-18-13-14-27(3)17(15-18)8-9-19-21-11-10-20(16(2)7-12-22(30)33-5)28(21,4)25(31)24(29)23(19)27/h16-21,23-24H,6-15H2,1-5H3/t16-,17-,18-,19+,20-,21+,23-,24-,27+,28-/m1/s1. The Morgan fingerprint density at radius 1 is 1.14 bits per heavy atom. The highest BCUT2D eigenvalue weighted by Crippen LogP contribution is 2.68. The Morgan fingerprint density at radius 3 is 2.58 bits per heavy atom. The number of esters is 1. The highest BCUT2D eigenvalue weighted by atomic mass is 79.9. The lowest BCUT2D eigenvalue weighted by Gasteiger charge is -2.62. The number of carbonyl (C=O) groups is 3. The van der Waals surface area contributed by atoms with E-state index in [4.69, 9.17) is 19.2 Å². The molecule has 4 fully saturated rings. The van der Waals surface area contributed by atoms with Crippen LogP contribution in [0.25, 0.3) is 0 Å². The van der Waals surface area contributed by atoms with Crippen molar-refractivity contribution in [3.05, 3.63) is 0 Å². The molecule has 0 aromatic heterocycles. The van der Waals surface area contributed by atoms with Crippen LogP contribution in [0.15, 0.2) is 0 Å². The highest BCUT2D eigenvalue weighted by Gasteiger charge is 2.67. The average Bonchev–Trinajstić information content (AvgIpc) is 3.22. The number of Topliss-reactive ketones (excluding diaryl/α,β-unsaturated/α-hetero) is 1. The summed E-state index contributed by atoms with van der Waals surface area (Å²) in [6.45, 7) is 8.80. The minimum atomic E-state index is -0.788. The second-order valence-electron chi connectivity index (χ2n) is 12.2. The van der Waals surface area contributed by atoms with Crippen molar-refractivity contribution < 1.29 is 33.6 Å². The number of fused-ring (bicyclic) bond motifs is 5. The molecule has 4 aliphatic carbocycles. The monoisotopic (exact) mass is 570 g/mol. The molecule has 0 aliphatic heterocycles. The molecule has 10 atom stereocenters. The first-order valence-corrected chi connectivity index (χ1v) is 14.7. The summed E-state index contributed by atoms with van der Waals surface area (Å²) in [5, 5.41) is 0. The zero-order chi connectivity index (χ0) is 26.3. The molecule has 0 spiro atoms. The van der Waals surface area contributed by atoms with E-state index >= 15 is 0 Å². The number of carbonyl (C=O) groups excluding carboxylic acids is 3. The van der Waals surface area contributed by atoms with Gasteiger partial charge >= 0.3 is 12.1 Å². The Labute approximate surface area is 223 Å². The van der Waals surface area contributed by atoms with E-state index in [1.165, 1.54) is 7.11 Å². The molecule has 4 aliphatic rings. The number of alkyl halides is 1. The highest BCUT2D eigenvalue weighted by molar-refractivity contribution is 9.10. The molecule has 0 bridgehead atoms. The summed E-state index contributed by atoms with van der Waals surface area (Å²) < 4.78 is 9.67. The summed E-state index contributed by atoms with van der Waals surface area (Å²) >= 11 is 3.96. The van der Waals surface area contributed by atoms with Crippen LogP contribution in [0.5, 0.6) is 0 Å². The van der Waals surface area contributed by atoms with Gasteiger partial charge in [0, 0.05) is 11.8 Å². The van der Waals surface area contributed by atoms with Crippen molar-refractivity contribution in [3.8, 4) is 0 Å². The summed E-state index contributed by atoms with van der Waals surface area (Å²) in [6, 6.07) is 0. The third kappa shape index (κ3) is 4.74. The second kappa shape index (κ2) is 10.9. The first kappa shape index (κ1) is 27.9. The van der Waals surface area contributed by atoms with Crippen LogP contribution in [0.3, 0.4) is 0 Å². The molecule has 0 amide bonds. The molecule has 36 heavy (non-hydrogen) atoms. The van der Waals surface area contributed by atoms with E-state index in [2.05, 4.69) is 36.7 Å². The Bertz CT molecular complexity index is 848. The van der Waals surface area contributed by atoms with Crippen molar-refractivity contribution >= 4 is 33.8 Å². The lowest BCUT2D eigenvalue weighted by atomic mass is 9.44. The molecule has 0 saturated heterocycles. The van der Waals surface area contributed by atoms with Crippen molar-refractivity contribution in [3.63, 3.8) is 0 Å². The van der Waals surface area contributed by atoms with Crippen molar-refractivity contribution in [2.45, 2.75) is 96.4 Å². The molecular weight excluding hydrogens is 528 g/mol. The first-order valence-electron chi connectivity index (χ1n) is 13.8. The van der Waals surface area contributed by atoms with E-state index in [0.717, 1.165) is 51.4 Å². The van der Waals surface area contributed by atoms with Crippen LogP contribution >= 0.6 is 15.9 Å². The van der Waals surface area contributed by atoms with Crippen LogP contribution in [0.1, 0.15) is 85.5 Å². The van der Waals surface area contributed by atoms with Gasteiger partial charge in [-0.25, -0.2) is 4.79 Å². The van der Waals surface area contributed by atoms with Gasteiger partial charge in [0.15, 0.2) is 5.78 Å². The lowest BCUT2D eigenvalue weighted by molar-refractivity contribution is -0.301. The van der Waals surface area contributed by atoms with Crippen LogP contribution in [0, 0.1) is 46.3 Å². The largest absolute Gasteiger partial charge is 0.540 e. The Morgan fingerprint density at radius 2 is 1.89 bits per heavy atom. The number of hydrogen-bond acceptors (Lipinski definition) is 7. The van der Waals surface area contributed by atoms with Gasteiger partial charge in [-0.15, -0.1) is 0 Å². The van der Waals surface area contributed by atoms with E-state index < -0.39 is 6.16 Å². The van der Waals surface area contributed by atoms with Gasteiger partial charge in [-0.1, -0.05) is 36.7 Å². The molecule has 0 unspecified atom stereocenters. The fourth-order valence-corrected chi connectivity index (χ4v) is 10.4. The van der Waals surface area contributed by atoms with E-state index in [1.807, 2.05) is 0 Å². The predicted molar refractivity (Wildman–Crippen MR) is 137 cm³/mol. The van der Waals surface area contributed by atoms with Crippen molar-refractivity contribution in [2.24, 2.45) is 46.3 Å². The van der Waals surface area contributed by atoms with Gasteiger partial charge in [-0.05, 0) is 99.2 Å². The van der Waals surface area contributed by atoms with Gasteiger partial charge in [0.25, 0.3) is 0 Å². The number of ether oxygens (including phenoxy) is 2. The predicted octanol–water partition coefficient (Wildman–Crippen LogP) is 6.26. The van der Waals surface area contributed by atoms with Crippen molar-refractivity contribution in [1.29, 1.82) is 0 Å². The number of halogens is 1. The molecule has 4 rings (SSSR count). The van der Waals surface area contributed by atoms with Crippen LogP contribution in [-0.4, -0.2) is 42.6 Å². The fraction of sp³-hybridized carbons (Fsp3) is 0.893. The van der Waals surface area contributed by atoms with Gasteiger partial charge in [0.05, 0.1) is 18.5 Å². The fourth-order valence-electron chi connectivity index (χ4n) is 8.91. The van der Waals surface area contributed by atoms with E-state index in [-0.39, 0.29) is 34.3 Å². The number of methoxy groups -OCH3 is 1. The maximum Gasteiger partial charge on any atom is 0.540 e. The summed E-state index contributed by atoms with van der Waals surface area (Å²) in [6.07, 6.45) is 7.23. The summed E-state index contributed by atoms with van der Waals surface area (Å²) in [4.78, 5) is 47.7. The van der Waals surface area contributed by atoms with Crippen LogP contribution < -0.4 is 0 Å². The summed E-state index contributed by atoms with van der Waals surface area (Å²) in [5.74, 6) is 2.45. The Hall–Kier alpha value is -1.15. The van der Waals surface area contributed by atoms with Gasteiger partial charge in [-0.2, -0.15) is 4.89 Å². The molecule has 204 valence electrons. The second-order valence-corrected chi connectivity index (χ2v) is 13.1. The average molecular weight is 572 g/mol. The third-order valence-corrected chi connectivity index (χ3v) is 11.7. The van der Waals surface area contributed by atoms with Crippen LogP contribution in [-0.2, 0) is 28.8 Å². The molecule has 0 heterocycles. The van der Waals surface area contributed by atoms with E-state index in [9.17, 15) is 14.4 Å². The number of hydrogen-bond donors (Lipinski definition) is 0. The molecule has 7 nitrogen and oxygen atoms in total. The zero-order valence-electron chi connectivity index (χ0n) is 22.4. The summed E-state index contributed by atoms with van der Waals surface area (Å²) in [7, 11) is 1.43. The van der Waals surface area contributed by atoms with Gasteiger partial charge in [0.2, 0.25) is 0 Å². The van der Waals surface area contributed by atoms with Gasteiger partial charge in [-0.3, -0.25) is 14.5 Å². The van der Waals surface area contributed by atoms with Gasteiger partial charge < -0.3 is 9.47 Å². The van der Waals surface area contributed by atoms with E-state index in [0.29, 0.717) is 47.7 Å². The SMILES string of the molecule is CCOC(=O)OO[C@@H]1CC[C@@]2(C)[C@H](CC[C@@H]3[C@@H]2[C@@H](Br)C(=O)[C@]2(C)[C@@H]([C@H](C)CCC(=O)OC)CC[C@@H]32)C1. The first-order chi connectivity index (χ1) is 17.1.